The van der Waals surface area contributed by atoms with Crippen LogP contribution in [0.2, 0.25) is 0 Å². The summed E-state index contributed by atoms with van der Waals surface area (Å²) in [7, 11) is -4.54. The molecule has 0 aliphatic carbocycles. The monoisotopic (exact) mass is 486 g/mol. The number of carbonyl (C=O) groups excluding carboxylic acids is 1. The van der Waals surface area contributed by atoms with Gasteiger partial charge in [0.05, 0.1) is 12.3 Å². The number of H-pyrrole nitrogens is 2. The molecule has 11 heteroatoms. The van der Waals surface area contributed by atoms with Gasteiger partial charge in [0.15, 0.2) is 4.90 Å². The standard InChI is InChI=1S/C23H26N4O6S/c1-5-33-19-10-8-18(9-11-19)27(13-20(28)25-17-7-6-14(2)15(3)12-17)34(31,32)21-16(4)24-23(30)26-22(21)29/h6-12H,5,13H2,1-4H3,(H,25,28)(H2,24,26,29,30). The number of hydrogen-bond acceptors (Lipinski definition) is 6. The predicted octanol–water partition coefficient (Wildman–Crippen LogP) is 2.22. The lowest BCUT2D eigenvalue weighted by Crippen LogP contribution is -2.42. The fraction of sp³-hybridized carbons (Fsp3) is 0.261. The molecule has 0 saturated carbocycles. The normalized spacial score (nSPS) is 11.2. The van der Waals surface area contributed by atoms with Crippen LogP contribution in [0, 0.1) is 20.8 Å². The van der Waals surface area contributed by atoms with Gasteiger partial charge in [0, 0.05) is 11.4 Å². The predicted molar refractivity (Wildman–Crippen MR) is 129 cm³/mol. The van der Waals surface area contributed by atoms with Gasteiger partial charge < -0.3 is 15.0 Å². The Morgan fingerprint density at radius 3 is 2.26 bits per heavy atom. The van der Waals surface area contributed by atoms with E-state index >= 15 is 0 Å². The zero-order valence-corrected chi connectivity index (χ0v) is 20.1. The average Bonchev–Trinajstić information content (AvgIpc) is 2.74. The van der Waals surface area contributed by atoms with Crippen LogP contribution in [0.5, 0.6) is 5.75 Å². The first-order valence-corrected chi connectivity index (χ1v) is 11.9. The summed E-state index contributed by atoms with van der Waals surface area (Å²) in [4.78, 5) is 40.4. The molecule has 1 heterocycles. The Labute approximate surface area is 196 Å². The molecule has 1 aromatic heterocycles. The Balaban J connectivity index is 2.03. The minimum atomic E-state index is -4.54. The van der Waals surface area contributed by atoms with Crippen molar-refractivity contribution in [3.8, 4) is 5.75 Å². The molecule has 180 valence electrons. The van der Waals surface area contributed by atoms with Crippen LogP contribution in [-0.4, -0.2) is 37.4 Å². The van der Waals surface area contributed by atoms with Crippen molar-refractivity contribution in [2.45, 2.75) is 32.6 Å². The number of nitrogens with one attached hydrogen (secondary N) is 3. The molecule has 3 rings (SSSR count). The van der Waals surface area contributed by atoms with Crippen molar-refractivity contribution >= 4 is 27.3 Å². The second-order valence-corrected chi connectivity index (χ2v) is 9.45. The van der Waals surface area contributed by atoms with Gasteiger partial charge in [0.2, 0.25) is 5.91 Å². The molecule has 0 aliphatic rings. The van der Waals surface area contributed by atoms with Gasteiger partial charge in [-0.1, -0.05) is 6.07 Å². The molecule has 0 radical (unpaired) electrons. The molecule has 0 aliphatic heterocycles. The van der Waals surface area contributed by atoms with E-state index in [1.54, 1.807) is 24.3 Å². The number of ether oxygens (including phenoxy) is 1. The Morgan fingerprint density at radius 1 is 1.00 bits per heavy atom. The lowest BCUT2D eigenvalue weighted by molar-refractivity contribution is -0.114. The Morgan fingerprint density at radius 2 is 1.68 bits per heavy atom. The molecule has 2 aromatic carbocycles. The van der Waals surface area contributed by atoms with Crippen LogP contribution in [-0.2, 0) is 14.8 Å². The van der Waals surface area contributed by atoms with E-state index in [0.29, 0.717) is 18.0 Å². The highest BCUT2D eigenvalue weighted by molar-refractivity contribution is 7.92. The zero-order chi connectivity index (χ0) is 25.0. The van der Waals surface area contributed by atoms with Crippen molar-refractivity contribution in [3.05, 3.63) is 80.1 Å². The van der Waals surface area contributed by atoms with E-state index in [9.17, 15) is 22.8 Å². The number of aromatic nitrogens is 2. The van der Waals surface area contributed by atoms with E-state index in [0.717, 1.165) is 15.4 Å². The first-order chi connectivity index (χ1) is 16.0. The molecule has 34 heavy (non-hydrogen) atoms. The van der Waals surface area contributed by atoms with Crippen molar-refractivity contribution in [2.24, 2.45) is 0 Å². The van der Waals surface area contributed by atoms with Gasteiger partial charge in [0.25, 0.3) is 15.6 Å². The minimum absolute atomic E-state index is 0.140. The number of anilines is 2. The number of benzene rings is 2. The first-order valence-electron chi connectivity index (χ1n) is 10.5. The number of rotatable bonds is 8. The summed E-state index contributed by atoms with van der Waals surface area (Å²) < 4.78 is 33.3. The van der Waals surface area contributed by atoms with Crippen LogP contribution in [0.1, 0.15) is 23.7 Å². The molecule has 0 atom stereocenters. The Bertz CT molecular complexity index is 1430. The van der Waals surface area contributed by atoms with Gasteiger partial charge in [-0.25, -0.2) is 13.2 Å². The molecule has 3 N–H and O–H groups in total. The molecule has 0 fully saturated rings. The van der Waals surface area contributed by atoms with E-state index in [1.165, 1.54) is 19.1 Å². The summed E-state index contributed by atoms with van der Waals surface area (Å²) in [6.07, 6.45) is 0. The third-order valence-electron chi connectivity index (χ3n) is 5.14. The lowest BCUT2D eigenvalue weighted by atomic mass is 10.1. The molecule has 0 bridgehead atoms. The third-order valence-corrected chi connectivity index (χ3v) is 7.06. The first kappa shape index (κ1) is 24.8. The highest BCUT2D eigenvalue weighted by Crippen LogP contribution is 2.25. The second kappa shape index (κ2) is 9.96. The number of aryl methyl sites for hydroxylation is 3. The Hall–Kier alpha value is -3.86. The summed E-state index contributed by atoms with van der Waals surface area (Å²) in [5.74, 6) is -0.0968. The maximum absolute atomic E-state index is 13.6. The molecule has 1 amide bonds. The number of nitrogens with zero attached hydrogens (tertiary/aromatic N) is 1. The topological polar surface area (TPSA) is 141 Å². The van der Waals surface area contributed by atoms with Crippen molar-refractivity contribution in [1.82, 2.24) is 9.97 Å². The van der Waals surface area contributed by atoms with Gasteiger partial charge in [-0.15, -0.1) is 0 Å². The fourth-order valence-electron chi connectivity index (χ4n) is 3.35. The van der Waals surface area contributed by atoms with Gasteiger partial charge in [0.1, 0.15) is 12.3 Å². The molecular weight excluding hydrogens is 460 g/mol. The van der Waals surface area contributed by atoms with Crippen LogP contribution in [0.15, 0.2) is 56.9 Å². The van der Waals surface area contributed by atoms with Crippen LogP contribution in [0.25, 0.3) is 0 Å². The van der Waals surface area contributed by atoms with Crippen LogP contribution in [0.4, 0.5) is 11.4 Å². The highest BCUT2D eigenvalue weighted by atomic mass is 32.2. The van der Waals surface area contributed by atoms with Gasteiger partial charge >= 0.3 is 5.69 Å². The quantitative estimate of drug-likeness (QED) is 0.446. The molecule has 0 spiro atoms. The Kier molecular flexibility index (Phi) is 7.26. The second-order valence-electron chi connectivity index (χ2n) is 7.65. The fourth-order valence-corrected chi connectivity index (χ4v) is 4.98. The van der Waals surface area contributed by atoms with Crippen molar-refractivity contribution in [2.75, 3.05) is 22.8 Å². The summed E-state index contributed by atoms with van der Waals surface area (Å²) in [6.45, 7) is 6.76. The average molecular weight is 487 g/mol. The van der Waals surface area contributed by atoms with Crippen LogP contribution in [0.3, 0.4) is 0 Å². The van der Waals surface area contributed by atoms with Crippen molar-refractivity contribution in [3.63, 3.8) is 0 Å². The zero-order valence-electron chi connectivity index (χ0n) is 19.3. The van der Waals surface area contributed by atoms with Crippen LogP contribution >= 0.6 is 0 Å². The van der Waals surface area contributed by atoms with E-state index in [4.69, 9.17) is 4.74 Å². The van der Waals surface area contributed by atoms with Gasteiger partial charge in [-0.3, -0.25) is 18.9 Å². The molecular formula is C23H26N4O6S. The molecule has 0 unspecified atom stereocenters. The van der Waals surface area contributed by atoms with Crippen molar-refractivity contribution in [1.29, 1.82) is 0 Å². The molecule has 10 nitrogen and oxygen atoms in total. The summed E-state index contributed by atoms with van der Waals surface area (Å²) in [6, 6.07) is 11.4. The third kappa shape index (κ3) is 5.37. The maximum Gasteiger partial charge on any atom is 0.325 e. The SMILES string of the molecule is CCOc1ccc(N(CC(=O)Nc2ccc(C)c(C)c2)S(=O)(=O)c2c(C)[nH]c(=O)[nH]c2=O)cc1. The number of amides is 1. The summed E-state index contributed by atoms with van der Waals surface area (Å²) in [5, 5.41) is 2.69. The summed E-state index contributed by atoms with van der Waals surface area (Å²) in [5.41, 5.74) is 0.611. The van der Waals surface area contributed by atoms with E-state index in [-0.39, 0.29) is 11.4 Å². The minimum Gasteiger partial charge on any atom is -0.494 e. The van der Waals surface area contributed by atoms with E-state index < -0.39 is 38.6 Å². The number of hydrogen-bond donors (Lipinski definition) is 3. The smallest absolute Gasteiger partial charge is 0.325 e. The van der Waals surface area contributed by atoms with Gasteiger partial charge in [-0.2, -0.15) is 0 Å². The number of aromatic amines is 2. The largest absolute Gasteiger partial charge is 0.494 e. The van der Waals surface area contributed by atoms with Gasteiger partial charge in [-0.05, 0) is 75.2 Å². The van der Waals surface area contributed by atoms with Crippen molar-refractivity contribution < 1.29 is 17.9 Å². The molecule has 0 saturated heterocycles. The highest BCUT2D eigenvalue weighted by Gasteiger charge is 2.32. The number of carbonyl (C=O) groups is 1. The van der Waals surface area contributed by atoms with Crippen LogP contribution < -0.4 is 25.6 Å². The molecule has 3 aromatic rings. The van der Waals surface area contributed by atoms with E-state index in [2.05, 4.69) is 10.3 Å². The summed E-state index contributed by atoms with van der Waals surface area (Å²) >= 11 is 0. The number of sulfonamides is 1. The van der Waals surface area contributed by atoms with E-state index in [1.807, 2.05) is 31.8 Å². The lowest BCUT2D eigenvalue weighted by Gasteiger charge is -2.24. The maximum atomic E-state index is 13.6.